The Morgan fingerprint density at radius 2 is 1.95 bits per heavy atom. The monoisotopic (exact) mass is 275 g/mol. The van der Waals surface area contributed by atoms with E-state index in [4.69, 9.17) is 4.74 Å². The van der Waals surface area contributed by atoms with Gasteiger partial charge in [0.2, 0.25) is 0 Å². The van der Waals surface area contributed by atoms with Crippen molar-refractivity contribution < 1.29 is 4.74 Å². The molecule has 0 spiro atoms. The average molecular weight is 275 g/mol. The van der Waals surface area contributed by atoms with Crippen LogP contribution in [0, 0.1) is 11.8 Å². The predicted octanol–water partition coefficient (Wildman–Crippen LogP) is 4.50. The van der Waals surface area contributed by atoms with Crippen molar-refractivity contribution in [3.8, 4) is 0 Å². The summed E-state index contributed by atoms with van der Waals surface area (Å²) in [6.45, 7) is 5.51. The fourth-order valence-corrected chi connectivity index (χ4v) is 3.43. The number of ether oxygens (including phenoxy) is 1. The highest BCUT2D eigenvalue weighted by Crippen LogP contribution is 2.33. The molecule has 0 amide bonds. The lowest BCUT2D eigenvalue weighted by Gasteiger charge is -2.36. The average Bonchev–Trinajstić information content (AvgIpc) is 2.47. The molecule has 112 valence electrons. The Kier molecular flexibility index (Phi) is 5.90. The van der Waals surface area contributed by atoms with Gasteiger partial charge in [0.1, 0.15) is 0 Å². The molecule has 1 saturated carbocycles. The van der Waals surface area contributed by atoms with Crippen molar-refractivity contribution >= 4 is 5.69 Å². The molecule has 20 heavy (non-hydrogen) atoms. The van der Waals surface area contributed by atoms with Crippen molar-refractivity contribution in [2.75, 3.05) is 19.0 Å². The molecule has 0 heterocycles. The number of rotatable bonds is 6. The Morgan fingerprint density at radius 1 is 1.20 bits per heavy atom. The number of hydrogen-bond acceptors (Lipinski definition) is 2. The number of para-hydroxylation sites is 1. The molecular formula is C18H29NO. The molecule has 1 aliphatic rings. The van der Waals surface area contributed by atoms with E-state index in [9.17, 15) is 0 Å². The van der Waals surface area contributed by atoms with Gasteiger partial charge in [-0.3, -0.25) is 0 Å². The van der Waals surface area contributed by atoms with Crippen LogP contribution < -0.4 is 5.32 Å². The number of nitrogens with one attached hydrogen (secondary N) is 1. The van der Waals surface area contributed by atoms with E-state index >= 15 is 0 Å². The highest BCUT2D eigenvalue weighted by molar-refractivity contribution is 5.52. The summed E-state index contributed by atoms with van der Waals surface area (Å²) in [7, 11) is 1.77. The van der Waals surface area contributed by atoms with Gasteiger partial charge < -0.3 is 10.1 Å². The van der Waals surface area contributed by atoms with Gasteiger partial charge in [-0.15, -0.1) is 0 Å². The maximum absolute atomic E-state index is 5.22. The van der Waals surface area contributed by atoms with Crippen LogP contribution in [0.25, 0.3) is 0 Å². The largest absolute Gasteiger partial charge is 0.384 e. The zero-order chi connectivity index (χ0) is 14.4. The van der Waals surface area contributed by atoms with E-state index in [1.54, 1.807) is 7.11 Å². The molecule has 2 unspecified atom stereocenters. The fourth-order valence-electron chi connectivity index (χ4n) is 3.43. The minimum Gasteiger partial charge on any atom is -0.384 e. The zero-order valence-corrected chi connectivity index (χ0v) is 13.2. The molecule has 0 radical (unpaired) electrons. The van der Waals surface area contributed by atoms with E-state index in [1.807, 2.05) is 0 Å². The third kappa shape index (κ3) is 3.99. The number of anilines is 1. The second-order valence-electron chi connectivity index (χ2n) is 6.34. The van der Waals surface area contributed by atoms with Gasteiger partial charge in [-0.25, -0.2) is 0 Å². The van der Waals surface area contributed by atoms with Crippen molar-refractivity contribution in [1.82, 2.24) is 0 Å². The van der Waals surface area contributed by atoms with Crippen LogP contribution in [0.15, 0.2) is 24.3 Å². The van der Waals surface area contributed by atoms with Crippen LogP contribution in [-0.2, 0) is 11.2 Å². The zero-order valence-electron chi connectivity index (χ0n) is 13.2. The third-order valence-corrected chi connectivity index (χ3v) is 4.61. The van der Waals surface area contributed by atoms with Crippen molar-refractivity contribution in [3.63, 3.8) is 0 Å². The summed E-state index contributed by atoms with van der Waals surface area (Å²) in [5.41, 5.74) is 2.68. The molecule has 1 aliphatic carbocycles. The Balaban J connectivity index is 2.07. The Morgan fingerprint density at radius 3 is 2.70 bits per heavy atom. The van der Waals surface area contributed by atoms with E-state index in [-0.39, 0.29) is 0 Å². The first kappa shape index (κ1) is 15.4. The lowest BCUT2D eigenvalue weighted by atomic mass is 9.77. The van der Waals surface area contributed by atoms with E-state index in [0.29, 0.717) is 6.04 Å². The quantitative estimate of drug-likeness (QED) is 0.825. The molecule has 1 N–H and O–H groups in total. The molecule has 0 aromatic heterocycles. The normalized spacial score (nSPS) is 23.0. The summed E-state index contributed by atoms with van der Waals surface area (Å²) < 4.78 is 5.22. The second-order valence-corrected chi connectivity index (χ2v) is 6.34. The molecule has 2 atom stereocenters. The van der Waals surface area contributed by atoms with Gasteiger partial charge in [0.05, 0.1) is 6.61 Å². The molecule has 1 fully saturated rings. The van der Waals surface area contributed by atoms with Gasteiger partial charge in [0, 0.05) is 18.8 Å². The topological polar surface area (TPSA) is 21.3 Å². The van der Waals surface area contributed by atoms with Gasteiger partial charge in [-0.1, -0.05) is 44.9 Å². The fraction of sp³-hybridized carbons (Fsp3) is 0.667. The Bertz CT molecular complexity index is 402. The van der Waals surface area contributed by atoms with E-state index in [1.165, 1.54) is 36.9 Å². The third-order valence-electron chi connectivity index (χ3n) is 4.61. The summed E-state index contributed by atoms with van der Waals surface area (Å²) in [6.07, 6.45) is 6.42. The summed E-state index contributed by atoms with van der Waals surface area (Å²) >= 11 is 0. The molecular weight excluding hydrogens is 246 g/mol. The molecule has 0 bridgehead atoms. The first-order chi connectivity index (χ1) is 9.72. The molecule has 2 nitrogen and oxygen atoms in total. The van der Waals surface area contributed by atoms with E-state index < -0.39 is 0 Å². The van der Waals surface area contributed by atoms with Crippen LogP contribution in [0.2, 0.25) is 0 Å². The van der Waals surface area contributed by atoms with Crippen LogP contribution in [0.1, 0.15) is 45.1 Å². The van der Waals surface area contributed by atoms with Gasteiger partial charge in [-0.05, 0) is 42.7 Å². The number of hydrogen-bond donors (Lipinski definition) is 1. The van der Waals surface area contributed by atoms with Crippen molar-refractivity contribution in [2.24, 2.45) is 11.8 Å². The summed E-state index contributed by atoms with van der Waals surface area (Å²) in [5, 5.41) is 3.83. The van der Waals surface area contributed by atoms with Gasteiger partial charge >= 0.3 is 0 Å². The lowest BCUT2D eigenvalue weighted by molar-refractivity contribution is 0.202. The lowest BCUT2D eigenvalue weighted by Crippen LogP contribution is -2.35. The van der Waals surface area contributed by atoms with Crippen LogP contribution in [0.5, 0.6) is 0 Å². The second kappa shape index (κ2) is 7.68. The van der Waals surface area contributed by atoms with Crippen LogP contribution in [0.4, 0.5) is 5.69 Å². The Labute approximate surface area is 123 Å². The first-order valence-electron chi connectivity index (χ1n) is 8.05. The molecule has 2 heteroatoms. The molecule has 2 rings (SSSR count). The SMILES string of the molecule is COCCc1ccccc1NC1CCCCC1C(C)C. The molecule has 0 aliphatic heterocycles. The number of methoxy groups -OCH3 is 1. The van der Waals surface area contributed by atoms with Crippen molar-refractivity contribution in [2.45, 2.75) is 52.0 Å². The minimum atomic E-state index is 0.632. The van der Waals surface area contributed by atoms with Gasteiger partial charge in [0.25, 0.3) is 0 Å². The van der Waals surface area contributed by atoms with Crippen molar-refractivity contribution in [1.29, 1.82) is 0 Å². The van der Waals surface area contributed by atoms with Crippen molar-refractivity contribution in [3.05, 3.63) is 29.8 Å². The van der Waals surface area contributed by atoms with Gasteiger partial charge in [0.15, 0.2) is 0 Å². The highest BCUT2D eigenvalue weighted by Gasteiger charge is 2.27. The highest BCUT2D eigenvalue weighted by atomic mass is 16.5. The minimum absolute atomic E-state index is 0.632. The summed E-state index contributed by atoms with van der Waals surface area (Å²) in [5.74, 6) is 1.57. The van der Waals surface area contributed by atoms with Crippen LogP contribution >= 0.6 is 0 Å². The molecule has 1 aromatic carbocycles. The van der Waals surface area contributed by atoms with E-state index in [0.717, 1.165) is 24.9 Å². The summed E-state index contributed by atoms with van der Waals surface area (Å²) in [4.78, 5) is 0. The van der Waals surface area contributed by atoms with Gasteiger partial charge in [-0.2, -0.15) is 0 Å². The predicted molar refractivity (Wildman–Crippen MR) is 86.2 cm³/mol. The molecule has 0 saturated heterocycles. The van der Waals surface area contributed by atoms with Crippen LogP contribution in [0.3, 0.4) is 0 Å². The van der Waals surface area contributed by atoms with E-state index in [2.05, 4.69) is 43.4 Å². The first-order valence-corrected chi connectivity index (χ1v) is 8.05. The van der Waals surface area contributed by atoms with Crippen LogP contribution in [-0.4, -0.2) is 19.8 Å². The smallest absolute Gasteiger partial charge is 0.0503 e. The maximum Gasteiger partial charge on any atom is 0.0503 e. The molecule has 1 aromatic rings. The standard InChI is InChI=1S/C18H29NO/c1-14(2)16-9-5-7-11-18(16)19-17-10-6-4-8-15(17)12-13-20-3/h4,6,8,10,14,16,18-19H,5,7,9,11-13H2,1-3H3. The maximum atomic E-state index is 5.22. The Hall–Kier alpha value is -1.02. The summed E-state index contributed by atoms with van der Waals surface area (Å²) in [6, 6.07) is 9.32. The number of benzene rings is 1.